The number of benzene rings is 1. The second kappa shape index (κ2) is 5.86. The van der Waals surface area contributed by atoms with E-state index in [0.717, 1.165) is 23.0 Å². The summed E-state index contributed by atoms with van der Waals surface area (Å²) < 4.78 is 1.49. The highest BCUT2D eigenvalue weighted by Crippen LogP contribution is 2.42. The van der Waals surface area contributed by atoms with Crippen LogP contribution in [-0.4, -0.2) is 25.6 Å². The van der Waals surface area contributed by atoms with Crippen LogP contribution in [0.25, 0.3) is 16.7 Å². The van der Waals surface area contributed by atoms with E-state index < -0.39 is 0 Å². The smallest absolute Gasteiger partial charge is 0.303 e. The quantitative estimate of drug-likeness (QED) is 0.716. The van der Waals surface area contributed by atoms with Crippen LogP contribution in [0, 0.1) is 0 Å². The molecule has 2 unspecified atom stereocenters. The third-order valence-electron chi connectivity index (χ3n) is 5.26. The number of halogens is 1. The molecule has 2 aromatic heterocycles. The molecule has 1 aromatic carbocycles. The number of hydrogen-bond acceptors (Lipinski definition) is 5. The Morgan fingerprint density at radius 1 is 1.27 bits per heavy atom. The van der Waals surface area contributed by atoms with Crippen molar-refractivity contribution >= 4 is 22.5 Å². The van der Waals surface area contributed by atoms with Gasteiger partial charge in [0.2, 0.25) is 0 Å². The van der Waals surface area contributed by atoms with E-state index in [1.54, 1.807) is 0 Å². The standard InChI is InChI=1S/C19H18ClN5O/c1-2-13-16(23-13)15-12-6-5-11(10-3-4-10)9-14(12)25(19(26)24-15)18-17(20)21-7-8-22-18/h5-10,13,16,23H,2-4H2,1H3. The van der Waals surface area contributed by atoms with Crippen LogP contribution in [0.4, 0.5) is 0 Å². The number of nitrogens with zero attached hydrogens (tertiary/aromatic N) is 4. The van der Waals surface area contributed by atoms with Gasteiger partial charge >= 0.3 is 5.69 Å². The van der Waals surface area contributed by atoms with Gasteiger partial charge in [-0.3, -0.25) is 0 Å². The zero-order valence-electron chi connectivity index (χ0n) is 14.3. The van der Waals surface area contributed by atoms with Crippen LogP contribution in [0.15, 0.2) is 35.4 Å². The van der Waals surface area contributed by atoms with Gasteiger partial charge in [0.1, 0.15) is 0 Å². The molecule has 132 valence electrons. The molecule has 1 saturated carbocycles. The van der Waals surface area contributed by atoms with Crippen LogP contribution in [0.2, 0.25) is 5.15 Å². The van der Waals surface area contributed by atoms with E-state index in [-0.39, 0.29) is 16.9 Å². The Kier molecular flexibility index (Phi) is 3.58. The monoisotopic (exact) mass is 367 g/mol. The maximum atomic E-state index is 12.9. The van der Waals surface area contributed by atoms with E-state index in [2.05, 4.69) is 45.4 Å². The van der Waals surface area contributed by atoms with Gasteiger partial charge in [0.25, 0.3) is 0 Å². The first kappa shape index (κ1) is 15.9. The van der Waals surface area contributed by atoms with Crippen molar-refractivity contribution in [1.82, 2.24) is 24.8 Å². The van der Waals surface area contributed by atoms with Crippen LogP contribution in [-0.2, 0) is 0 Å². The van der Waals surface area contributed by atoms with Gasteiger partial charge in [0, 0.05) is 23.8 Å². The molecule has 7 heteroatoms. The van der Waals surface area contributed by atoms with Gasteiger partial charge in [-0.2, -0.15) is 4.98 Å². The fourth-order valence-electron chi connectivity index (χ4n) is 3.64. The lowest BCUT2D eigenvalue weighted by Crippen LogP contribution is -2.25. The molecule has 6 nitrogen and oxygen atoms in total. The van der Waals surface area contributed by atoms with Crippen molar-refractivity contribution in [2.75, 3.05) is 0 Å². The number of rotatable bonds is 4. The molecule has 0 bridgehead atoms. The molecule has 0 amide bonds. The van der Waals surface area contributed by atoms with Gasteiger partial charge in [-0.15, -0.1) is 0 Å². The van der Waals surface area contributed by atoms with Gasteiger partial charge in [-0.05, 0) is 36.8 Å². The predicted octanol–water partition coefficient (Wildman–Crippen LogP) is 3.13. The molecule has 0 radical (unpaired) electrons. The molecule has 0 spiro atoms. The largest absolute Gasteiger partial charge is 0.354 e. The van der Waals surface area contributed by atoms with E-state index in [1.807, 2.05) is 0 Å². The summed E-state index contributed by atoms with van der Waals surface area (Å²) in [7, 11) is 0. The first-order chi connectivity index (χ1) is 12.7. The van der Waals surface area contributed by atoms with Gasteiger partial charge < -0.3 is 5.32 Å². The average molecular weight is 368 g/mol. The first-order valence-corrected chi connectivity index (χ1v) is 9.34. The second-order valence-electron chi connectivity index (χ2n) is 7.00. The summed E-state index contributed by atoms with van der Waals surface area (Å²) in [6.45, 7) is 2.13. The Hall–Kier alpha value is -2.31. The van der Waals surface area contributed by atoms with Crippen molar-refractivity contribution in [3.8, 4) is 5.82 Å². The number of hydrogen-bond donors (Lipinski definition) is 1. The molecule has 1 aliphatic heterocycles. The van der Waals surface area contributed by atoms with E-state index in [1.165, 1.54) is 35.4 Å². The van der Waals surface area contributed by atoms with Crippen molar-refractivity contribution in [2.45, 2.75) is 44.2 Å². The van der Waals surface area contributed by atoms with Gasteiger partial charge in [-0.1, -0.05) is 30.7 Å². The van der Waals surface area contributed by atoms with Crippen molar-refractivity contribution in [1.29, 1.82) is 0 Å². The normalized spacial score (nSPS) is 21.9. The molecule has 26 heavy (non-hydrogen) atoms. The zero-order valence-corrected chi connectivity index (χ0v) is 15.1. The highest BCUT2D eigenvalue weighted by Gasteiger charge is 2.39. The zero-order chi connectivity index (χ0) is 17.8. The predicted molar refractivity (Wildman–Crippen MR) is 99.9 cm³/mol. The summed E-state index contributed by atoms with van der Waals surface area (Å²) in [4.78, 5) is 25.7. The Bertz CT molecular complexity index is 1080. The van der Waals surface area contributed by atoms with Crippen molar-refractivity contribution in [3.05, 3.63) is 57.5 Å². The first-order valence-electron chi connectivity index (χ1n) is 8.97. The van der Waals surface area contributed by atoms with Crippen LogP contribution in [0.5, 0.6) is 0 Å². The Morgan fingerprint density at radius 2 is 2.08 bits per heavy atom. The van der Waals surface area contributed by atoms with E-state index in [4.69, 9.17) is 11.6 Å². The Balaban J connectivity index is 1.80. The fraction of sp³-hybridized carbons (Fsp3) is 0.368. The molecular formula is C19H18ClN5O. The van der Waals surface area contributed by atoms with Crippen molar-refractivity contribution in [2.24, 2.45) is 0 Å². The summed E-state index contributed by atoms with van der Waals surface area (Å²) in [5, 5.41) is 4.56. The maximum Gasteiger partial charge on any atom is 0.354 e. The lowest BCUT2D eigenvalue weighted by molar-refractivity contribution is 0.835. The SMILES string of the molecule is CCC1NC1c1nc(=O)n(-c2nccnc2Cl)c2cc(C3CC3)ccc12. The summed E-state index contributed by atoms with van der Waals surface area (Å²) in [6.07, 6.45) is 6.44. The van der Waals surface area contributed by atoms with E-state index in [0.29, 0.717) is 17.8 Å². The Labute approximate surface area is 155 Å². The van der Waals surface area contributed by atoms with Crippen molar-refractivity contribution < 1.29 is 0 Å². The number of aromatic nitrogens is 4. The fourth-order valence-corrected chi connectivity index (χ4v) is 3.83. The van der Waals surface area contributed by atoms with E-state index in [9.17, 15) is 4.79 Å². The Morgan fingerprint density at radius 3 is 2.77 bits per heavy atom. The minimum atomic E-state index is -0.369. The molecule has 3 aromatic rings. The third kappa shape index (κ3) is 2.52. The summed E-state index contributed by atoms with van der Waals surface area (Å²) >= 11 is 6.23. The van der Waals surface area contributed by atoms with Crippen LogP contribution < -0.4 is 11.0 Å². The molecule has 2 aliphatic rings. The van der Waals surface area contributed by atoms with Gasteiger partial charge in [-0.25, -0.2) is 19.3 Å². The second-order valence-corrected chi connectivity index (χ2v) is 7.35. The molecular weight excluding hydrogens is 350 g/mol. The summed E-state index contributed by atoms with van der Waals surface area (Å²) in [6, 6.07) is 6.84. The topological polar surface area (TPSA) is 82.6 Å². The van der Waals surface area contributed by atoms with Crippen LogP contribution in [0.1, 0.15) is 49.4 Å². The molecule has 2 atom stereocenters. The number of nitrogens with one attached hydrogen (secondary N) is 1. The minimum Gasteiger partial charge on any atom is -0.303 e. The number of fused-ring (bicyclic) bond motifs is 1. The highest BCUT2D eigenvalue weighted by atomic mass is 35.5. The third-order valence-corrected chi connectivity index (χ3v) is 5.53. The maximum absolute atomic E-state index is 12.9. The lowest BCUT2D eigenvalue weighted by atomic mass is 10.0. The molecule has 1 N–H and O–H groups in total. The summed E-state index contributed by atoms with van der Waals surface area (Å²) in [5.41, 5.74) is 2.50. The van der Waals surface area contributed by atoms with Gasteiger partial charge in [0.15, 0.2) is 11.0 Å². The minimum absolute atomic E-state index is 0.133. The highest BCUT2D eigenvalue weighted by molar-refractivity contribution is 6.31. The van der Waals surface area contributed by atoms with E-state index >= 15 is 0 Å². The molecule has 2 fully saturated rings. The molecule has 1 saturated heterocycles. The molecule has 3 heterocycles. The lowest BCUT2D eigenvalue weighted by Gasteiger charge is -2.13. The van der Waals surface area contributed by atoms with Crippen LogP contribution >= 0.6 is 11.6 Å². The van der Waals surface area contributed by atoms with Gasteiger partial charge in [0.05, 0.1) is 17.3 Å². The van der Waals surface area contributed by atoms with Crippen molar-refractivity contribution in [3.63, 3.8) is 0 Å². The van der Waals surface area contributed by atoms with Crippen LogP contribution in [0.3, 0.4) is 0 Å². The summed E-state index contributed by atoms with van der Waals surface area (Å²) in [5.74, 6) is 0.909. The molecule has 5 rings (SSSR count). The average Bonchev–Trinajstić information content (AvgIpc) is 3.55. The molecule has 1 aliphatic carbocycles.